The average Bonchev–Trinajstić information content (AvgIpc) is 2.89. The largest absolute Gasteiger partial charge is 0.492 e. The molecule has 0 radical (unpaired) electrons. The second-order valence-electron chi connectivity index (χ2n) is 5.63. The van der Waals surface area contributed by atoms with Crippen molar-refractivity contribution in [1.29, 1.82) is 0 Å². The van der Waals surface area contributed by atoms with Crippen LogP contribution in [0, 0.1) is 0 Å². The number of aliphatic carboxylic acids is 1. The van der Waals surface area contributed by atoms with Crippen LogP contribution in [0.3, 0.4) is 0 Å². The highest BCUT2D eigenvalue weighted by atomic mass is 32.2. The molecule has 0 aromatic carbocycles. The monoisotopic (exact) mass is 402 g/mol. The Kier molecular flexibility index (Phi) is 4.46. The van der Waals surface area contributed by atoms with Gasteiger partial charge in [0.2, 0.25) is 15.9 Å². The fourth-order valence-electron chi connectivity index (χ4n) is 2.66. The smallest absolute Gasteiger partial charge is 0.322 e. The topological polar surface area (TPSA) is 158 Å². The molecule has 0 unspecified atom stereocenters. The van der Waals surface area contributed by atoms with Gasteiger partial charge in [-0.1, -0.05) is 11.3 Å². The number of fused-ring (bicyclic) bond motifs is 3. The van der Waals surface area contributed by atoms with Crippen LogP contribution < -0.4 is 10.9 Å². The van der Waals surface area contributed by atoms with E-state index in [1.807, 2.05) is 5.32 Å². The number of nitrogens with zero attached hydrogens (tertiary/aromatic N) is 3. The van der Waals surface area contributed by atoms with E-state index in [2.05, 4.69) is 4.98 Å². The van der Waals surface area contributed by atoms with Crippen molar-refractivity contribution in [3.8, 4) is 5.88 Å². The minimum Gasteiger partial charge on any atom is -0.492 e. The molecule has 1 aliphatic heterocycles. The summed E-state index contributed by atoms with van der Waals surface area (Å²) in [7, 11) is -3.40. The molecule has 0 atom stereocenters. The highest BCUT2D eigenvalue weighted by Gasteiger charge is 2.29. The van der Waals surface area contributed by atoms with Gasteiger partial charge in [0.1, 0.15) is 6.54 Å². The number of carbonyl (C=O) groups is 2. The Balaban J connectivity index is 2.09. The number of thiazole rings is 1. The molecule has 0 bridgehead atoms. The fourth-order valence-corrected chi connectivity index (χ4v) is 4.70. The van der Waals surface area contributed by atoms with E-state index >= 15 is 0 Å². The second kappa shape index (κ2) is 6.34. The SMILES string of the molecule is CS(=O)(=O)N1CCc2c(sc3nc(O)c(C(=O)NCC(=O)O)c(=O)n23)C1. The number of sulfonamides is 1. The van der Waals surface area contributed by atoms with E-state index in [0.717, 1.165) is 22.0 Å². The number of nitrogens with one attached hydrogen (secondary N) is 1. The van der Waals surface area contributed by atoms with Gasteiger partial charge in [0.25, 0.3) is 11.5 Å². The van der Waals surface area contributed by atoms with Crippen LogP contribution in [0.4, 0.5) is 0 Å². The van der Waals surface area contributed by atoms with E-state index in [-0.39, 0.29) is 24.5 Å². The minimum atomic E-state index is -3.40. The first kappa shape index (κ1) is 18.3. The lowest BCUT2D eigenvalue weighted by Crippen LogP contribution is -2.37. The number of aromatic nitrogens is 2. The molecule has 0 saturated heterocycles. The summed E-state index contributed by atoms with van der Waals surface area (Å²) in [6, 6.07) is 0. The number of hydrogen-bond donors (Lipinski definition) is 3. The van der Waals surface area contributed by atoms with Crippen LogP contribution in [-0.4, -0.2) is 63.5 Å². The molecule has 26 heavy (non-hydrogen) atoms. The average molecular weight is 402 g/mol. The van der Waals surface area contributed by atoms with E-state index < -0.39 is 45.4 Å². The van der Waals surface area contributed by atoms with Crippen LogP contribution in [0.15, 0.2) is 4.79 Å². The molecule has 0 saturated carbocycles. The van der Waals surface area contributed by atoms with Crippen molar-refractivity contribution in [2.24, 2.45) is 0 Å². The highest BCUT2D eigenvalue weighted by molar-refractivity contribution is 7.88. The van der Waals surface area contributed by atoms with Gasteiger partial charge in [-0.2, -0.15) is 9.29 Å². The molecule has 0 spiro atoms. The van der Waals surface area contributed by atoms with Crippen molar-refractivity contribution in [2.75, 3.05) is 19.3 Å². The van der Waals surface area contributed by atoms with Gasteiger partial charge in [0.15, 0.2) is 10.5 Å². The summed E-state index contributed by atoms with van der Waals surface area (Å²) in [5.74, 6) is -3.16. The third-order valence-corrected chi connectivity index (χ3v) is 6.17. The maximum Gasteiger partial charge on any atom is 0.322 e. The Bertz CT molecular complexity index is 1090. The molecule has 1 amide bonds. The second-order valence-corrected chi connectivity index (χ2v) is 8.67. The molecule has 3 heterocycles. The Hall–Kier alpha value is -2.51. The van der Waals surface area contributed by atoms with Crippen molar-refractivity contribution in [1.82, 2.24) is 19.0 Å². The number of hydrogen-bond acceptors (Lipinski definition) is 8. The molecule has 3 rings (SSSR count). The molecular formula is C13H14N4O7S2. The highest BCUT2D eigenvalue weighted by Crippen LogP contribution is 2.29. The van der Waals surface area contributed by atoms with Crippen molar-refractivity contribution in [3.63, 3.8) is 0 Å². The summed E-state index contributed by atoms with van der Waals surface area (Å²) in [5.41, 5.74) is -0.967. The number of carboxylic acid groups (broad SMARTS) is 1. The molecule has 13 heteroatoms. The molecule has 0 fully saturated rings. The summed E-state index contributed by atoms with van der Waals surface area (Å²) in [5, 5.41) is 20.6. The molecule has 140 valence electrons. The molecule has 1 aliphatic rings. The summed E-state index contributed by atoms with van der Waals surface area (Å²) in [6.45, 7) is -0.472. The van der Waals surface area contributed by atoms with Gasteiger partial charge in [0, 0.05) is 30.1 Å². The maximum absolute atomic E-state index is 12.7. The van der Waals surface area contributed by atoms with Gasteiger partial charge in [-0.25, -0.2) is 8.42 Å². The van der Waals surface area contributed by atoms with Gasteiger partial charge < -0.3 is 15.5 Å². The third-order valence-electron chi connectivity index (χ3n) is 3.85. The zero-order valence-corrected chi connectivity index (χ0v) is 15.1. The quantitative estimate of drug-likeness (QED) is 0.563. The van der Waals surface area contributed by atoms with Crippen molar-refractivity contribution < 1.29 is 28.2 Å². The summed E-state index contributed by atoms with van der Waals surface area (Å²) < 4.78 is 25.8. The molecule has 2 aromatic rings. The molecule has 0 aliphatic carbocycles. The molecule has 11 nitrogen and oxygen atoms in total. The van der Waals surface area contributed by atoms with Gasteiger partial charge in [0.05, 0.1) is 6.26 Å². The lowest BCUT2D eigenvalue weighted by atomic mass is 10.2. The molecule has 3 N–H and O–H groups in total. The van der Waals surface area contributed by atoms with Crippen LogP contribution in [0.5, 0.6) is 5.88 Å². The van der Waals surface area contributed by atoms with E-state index in [4.69, 9.17) is 5.11 Å². The van der Waals surface area contributed by atoms with E-state index in [1.165, 1.54) is 4.31 Å². The van der Waals surface area contributed by atoms with Crippen molar-refractivity contribution in [2.45, 2.75) is 13.0 Å². The first-order valence-corrected chi connectivity index (χ1v) is 9.97. The number of carboxylic acids is 1. The number of amides is 1. The lowest BCUT2D eigenvalue weighted by Gasteiger charge is -2.24. The van der Waals surface area contributed by atoms with E-state index in [9.17, 15) is 27.9 Å². The van der Waals surface area contributed by atoms with Gasteiger partial charge in [-0.3, -0.25) is 18.8 Å². The summed E-state index contributed by atoms with van der Waals surface area (Å²) in [6.07, 6.45) is 1.33. The van der Waals surface area contributed by atoms with E-state index in [1.54, 1.807) is 0 Å². The standard InChI is InChI=1S/C13H14N4O7S2/c1-26(23,24)16-3-2-6-7(5-16)25-13-15-11(21)9(12(22)17(6)13)10(20)14-4-8(18)19/h21H,2-5H2,1H3,(H,14,20)(H,18,19). The fraction of sp³-hybridized carbons (Fsp3) is 0.385. The number of rotatable bonds is 4. The third kappa shape index (κ3) is 3.15. The Labute approximate surface area is 150 Å². The van der Waals surface area contributed by atoms with Gasteiger partial charge in [-0.05, 0) is 0 Å². The van der Waals surface area contributed by atoms with Crippen LogP contribution in [0.25, 0.3) is 4.96 Å². The van der Waals surface area contributed by atoms with Crippen molar-refractivity contribution >= 4 is 38.2 Å². The van der Waals surface area contributed by atoms with E-state index in [0.29, 0.717) is 10.6 Å². The van der Waals surface area contributed by atoms with Crippen LogP contribution in [0.2, 0.25) is 0 Å². The number of aromatic hydroxyl groups is 1. The first-order valence-electron chi connectivity index (χ1n) is 7.31. The van der Waals surface area contributed by atoms with Crippen molar-refractivity contribution in [3.05, 3.63) is 26.5 Å². The Morgan fingerprint density at radius 2 is 2.08 bits per heavy atom. The first-order chi connectivity index (χ1) is 12.1. The number of carbonyl (C=O) groups excluding carboxylic acids is 1. The zero-order valence-electron chi connectivity index (χ0n) is 13.4. The lowest BCUT2D eigenvalue weighted by molar-refractivity contribution is -0.135. The zero-order chi connectivity index (χ0) is 19.2. The Morgan fingerprint density at radius 3 is 2.69 bits per heavy atom. The predicted molar refractivity (Wildman–Crippen MR) is 89.9 cm³/mol. The van der Waals surface area contributed by atoms with Gasteiger partial charge in [-0.15, -0.1) is 0 Å². The predicted octanol–water partition coefficient (Wildman–Crippen LogP) is -1.41. The van der Waals surface area contributed by atoms with Crippen LogP contribution in [-0.2, 0) is 27.8 Å². The Morgan fingerprint density at radius 1 is 1.38 bits per heavy atom. The molecular weight excluding hydrogens is 388 g/mol. The normalized spacial score (nSPS) is 15.0. The maximum atomic E-state index is 12.7. The molecule has 2 aromatic heterocycles. The van der Waals surface area contributed by atoms with Gasteiger partial charge >= 0.3 is 5.97 Å². The van der Waals surface area contributed by atoms with Crippen LogP contribution >= 0.6 is 11.3 Å². The summed E-state index contributed by atoms with van der Waals surface area (Å²) in [4.78, 5) is 39.8. The van der Waals surface area contributed by atoms with Crippen LogP contribution in [0.1, 0.15) is 20.9 Å². The minimum absolute atomic E-state index is 0.0724. The summed E-state index contributed by atoms with van der Waals surface area (Å²) >= 11 is 1.05.